The summed E-state index contributed by atoms with van der Waals surface area (Å²) in [6.07, 6.45) is 0. The first-order chi connectivity index (χ1) is 8.82. The van der Waals surface area contributed by atoms with E-state index < -0.39 is 9.84 Å². The van der Waals surface area contributed by atoms with E-state index in [1.165, 1.54) is 36.4 Å². The van der Waals surface area contributed by atoms with Crippen molar-refractivity contribution in [2.45, 2.75) is 23.6 Å². The third kappa shape index (κ3) is 2.42. The van der Waals surface area contributed by atoms with Gasteiger partial charge in [0, 0.05) is 5.56 Å². The van der Waals surface area contributed by atoms with Gasteiger partial charge in [-0.3, -0.25) is 0 Å². The van der Waals surface area contributed by atoms with Crippen LogP contribution in [0.3, 0.4) is 0 Å². The summed E-state index contributed by atoms with van der Waals surface area (Å²) in [5.74, 6) is -0.172. The normalized spacial score (nSPS) is 11.5. The quantitative estimate of drug-likeness (QED) is 0.885. The molecule has 0 spiro atoms. The second kappa shape index (κ2) is 4.59. The molecule has 0 aliphatic heterocycles. The van der Waals surface area contributed by atoms with Crippen LogP contribution < -0.4 is 0 Å². The Bertz CT molecular complexity index is 733. The summed E-state index contributed by atoms with van der Waals surface area (Å²) in [7, 11) is -3.76. The van der Waals surface area contributed by atoms with Crippen LogP contribution in [-0.4, -0.2) is 18.6 Å². The average molecular weight is 278 g/mol. The van der Waals surface area contributed by atoms with Crippen LogP contribution >= 0.6 is 0 Å². The molecule has 0 heterocycles. The molecule has 0 radical (unpaired) electrons. The number of phenolic OH excluding ortho intramolecular Hbond substituents is 2. The third-order valence-electron chi connectivity index (χ3n) is 2.89. The van der Waals surface area contributed by atoms with Crippen molar-refractivity contribution in [3.63, 3.8) is 0 Å². The molecular formula is C14H14O4S. The number of phenols is 2. The van der Waals surface area contributed by atoms with E-state index in [0.29, 0.717) is 11.1 Å². The summed E-state index contributed by atoms with van der Waals surface area (Å²) >= 11 is 0. The van der Waals surface area contributed by atoms with E-state index in [4.69, 9.17) is 0 Å². The van der Waals surface area contributed by atoms with Crippen molar-refractivity contribution in [3.05, 3.63) is 47.5 Å². The van der Waals surface area contributed by atoms with Gasteiger partial charge in [-0.25, -0.2) is 8.42 Å². The molecule has 0 aromatic heterocycles. The molecule has 0 unspecified atom stereocenters. The largest absolute Gasteiger partial charge is 0.508 e. The van der Waals surface area contributed by atoms with Crippen LogP contribution in [0, 0.1) is 13.8 Å². The summed E-state index contributed by atoms with van der Waals surface area (Å²) < 4.78 is 25.0. The van der Waals surface area contributed by atoms with Crippen molar-refractivity contribution in [1.82, 2.24) is 0 Å². The number of aryl methyl sites for hydroxylation is 1. The van der Waals surface area contributed by atoms with Gasteiger partial charge in [-0.1, -0.05) is 6.07 Å². The van der Waals surface area contributed by atoms with Gasteiger partial charge in [0.1, 0.15) is 11.5 Å². The molecular weight excluding hydrogens is 264 g/mol. The monoisotopic (exact) mass is 278 g/mol. The lowest BCUT2D eigenvalue weighted by Gasteiger charge is -2.10. The highest BCUT2D eigenvalue weighted by Gasteiger charge is 2.22. The maximum absolute atomic E-state index is 12.5. The van der Waals surface area contributed by atoms with E-state index in [0.717, 1.165) is 0 Å². The zero-order chi connectivity index (χ0) is 14.2. The minimum absolute atomic E-state index is 0.000556. The average Bonchev–Trinajstić information content (AvgIpc) is 2.33. The summed E-state index contributed by atoms with van der Waals surface area (Å²) in [5.41, 5.74) is 0.954. The van der Waals surface area contributed by atoms with E-state index in [9.17, 15) is 18.6 Å². The molecule has 0 amide bonds. The van der Waals surface area contributed by atoms with Gasteiger partial charge in [0.2, 0.25) is 9.84 Å². The topological polar surface area (TPSA) is 74.6 Å². The van der Waals surface area contributed by atoms with Gasteiger partial charge >= 0.3 is 0 Å². The maximum Gasteiger partial charge on any atom is 0.207 e. The van der Waals surface area contributed by atoms with Gasteiger partial charge in [-0.2, -0.15) is 0 Å². The van der Waals surface area contributed by atoms with Crippen LogP contribution in [0.5, 0.6) is 11.5 Å². The molecule has 0 saturated heterocycles. The molecule has 0 bridgehead atoms. The van der Waals surface area contributed by atoms with Gasteiger partial charge < -0.3 is 10.2 Å². The number of hydrogen-bond donors (Lipinski definition) is 2. The zero-order valence-electron chi connectivity index (χ0n) is 10.6. The Balaban J connectivity index is 2.70. The Kier molecular flexibility index (Phi) is 3.24. The standard InChI is InChI=1S/C14H14O4S/c1-9-6-13(16)10(2)14(7-9)19(17,18)12-5-3-4-11(15)8-12/h3-8,15-16H,1-2H3. The number of sulfone groups is 1. The first kappa shape index (κ1) is 13.4. The van der Waals surface area contributed by atoms with Crippen LogP contribution in [0.25, 0.3) is 0 Å². The minimum Gasteiger partial charge on any atom is -0.508 e. The number of aromatic hydroxyl groups is 2. The second-order valence-corrected chi connectivity index (χ2v) is 6.33. The molecule has 2 aromatic carbocycles. The summed E-state index contributed by atoms with van der Waals surface area (Å²) in [6.45, 7) is 3.26. The van der Waals surface area contributed by atoms with E-state index in [1.54, 1.807) is 13.8 Å². The molecule has 2 aromatic rings. The van der Waals surface area contributed by atoms with E-state index in [2.05, 4.69) is 0 Å². The molecule has 4 nitrogen and oxygen atoms in total. The smallest absolute Gasteiger partial charge is 0.207 e. The fourth-order valence-electron chi connectivity index (χ4n) is 1.86. The number of benzene rings is 2. The van der Waals surface area contributed by atoms with Gasteiger partial charge in [0.15, 0.2) is 0 Å². The van der Waals surface area contributed by atoms with Crippen molar-refractivity contribution < 1.29 is 18.6 Å². The molecule has 0 aliphatic rings. The highest BCUT2D eigenvalue weighted by Crippen LogP contribution is 2.31. The first-order valence-corrected chi connectivity index (χ1v) is 7.15. The molecule has 100 valence electrons. The lowest BCUT2D eigenvalue weighted by atomic mass is 10.1. The second-order valence-electron chi connectivity index (χ2n) is 4.41. The van der Waals surface area contributed by atoms with Crippen LogP contribution in [-0.2, 0) is 9.84 Å². The van der Waals surface area contributed by atoms with Gasteiger partial charge in [0.05, 0.1) is 9.79 Å². The Labute approximate surface area is 111 Å². The predicted molar refractivity (Wildman–Crippen MR) is 71.1 cm³/mol. The molecule has 2 rings (SSSR count). The summed E-state index contributed by atoms with van der Waals surface area (Å²) in [6, 6.07) is 8.49. The third-order valence-corrected chi connectivity index (χ3v) is 4.77. The van der Waals surface area contributed by atoms with Crippen molar-refractivity contribution in [2.75, 3.05) is 0 Å². The van der Waals surface area contributed by atoms with E-state index in [-0.39, 0.29) is 21.3 Å². The van der Waals surface area contributed by atoms with Crippen molar-refractivity contribution in [1.29, 1.82) is 0 Å². The molecule has 0 saturated carbocycles. The van der Waals surface area contributed by atoms with Crippen LogP contribution in [0.15, 0.2) is 46.2 Å². The fourth-order valence-corrected chi connectivity index (χ4v) is 3.50. The van der Waals surface area contributed by atoms with Crippen LogP contribution in [0.4, 0.5) is 0 Å². The van der Waals surface area contributed by atoms with Crippen molar-refractivity contribution in [2.24, 2.45) is 0 Å². The molecule has 0 aliphatic carbocycles. The Morgan fingerprint density at radius 3 is 2.32 bits per heavy atom. The Morgan fingerprint density at radius 2 is 1.68 bits per heavy atom. The minimum atomic E-state index is -3.76. The highest BCUT2D eigenvalue weighted by molar-refractivity contribution is 7.91. The molecule has 2 N–H and O–H groups in total. The lowest BCUT2D eigenvalue weighted by molar-refractivity contribution is 0.467. The molecule has 0 fully saturated rings. The zero-order valence-corrected chi connectivity index (χ0v) is 11.4. The predicted octanol–water partition coefficient (Wildman–Crippen LogP) is 2.55. The molecule has 19 heavy (non-hydrogen) atoms. The summed E-state index contributed by atoms with van der Waals surface area (Å²) in [4.78, 5) is 0.0520. The van der Waals surface area contributed by atoms with Crippen molar-refractivity contribution >= 4 is 9.84 Å². The van der Waals surface area contributed by atoms with Gasteiger partial charge in [-0.05, 0) is 49.7 Å². The van der Waals surface area contributed by atoms with Gasteiger partial charge in [-0.15, -0.1) is 0 Å². The van der Waals surface area contributed by atoms with E-state index in [1.807, 2.05) is 0 Å². The molecule has 0 atom stereocenters. The first-order valence-electron chi connectivity index (χ1n) is 5.66. The van der Waals surface area contributed by atoms with Gasteiger partial charge in [0.25, 0.3) is 0 Å². The van der Waals surface area contributed by atoms with Crippen molar-refractivity contribution in [3.8, 4) is 11.5 Å². The number of rotatable bonds is 2. The van der Waals surface area contributed by atoms with Crippen LogP contribution in [0.1, 0.15) is 11.1 Å². The highest BCUT2D eigenvalue weighted by atomic mass is 32.2. The number of hydrogen-bond acceptors (Lipinski definition) is 4. The maximum atomic E-state index is 12.5. The summed E-state index contributed by atoms with van der Waals surface area (Å²) in [5, 5.41) is 19.1. The lowest BCUT2D eigenvalue weighted by Crippen LogP contribution is -2.04. The van der Waals surface area contributed by atoms with Crippen LogP contribution in [0.2, 0.25) is 0 Å². The Hall–Kier alpha value is -2.01. The molecule has 5 heteroatoms. The Morgan fingerprint density at radius 1 is 1.00 bits per heavy atom. The van der Waals surface area contributed by atoms with E-state index >= 15 is 0 Å². The SMILES string of the molecule is Cc1cc(O)c(C)c(S(=O)(=O)c2cccc(O)c2)c1. The fraction of sp³-hybridized carbons (Fsp3) is 0.143.